The van der Waals surface area contributed by atoms with Gasteiger partial charge in [-0.2, -0.15) is 0 Å². The Balaban J connectivity index is 0.000000179. The van der Waals surface area contributed by atoms with Gasteiger partial charge in [0.25, 0.3) is 11.4 Å². The topological polar surface area (TPSA) is 235 Å². The van der Waals surface area contributed by atoms with Crippen LogP contribution < -0.4 is 28.7 Å². The van der Waals surface area contributed by atoms with Gasteiger partial charge in [-0.3, -0.25) is 39.4 Å². The molecule has 0 saturated heterocycles. The lowest BCUT2D eigenvalue weighted by Gasteiger charge is -2.50. The molecule has 3 unspecified atom stereocenters. The minimum Gasteiger partial charge on any atom is -0.494 e. The number of nitro groups is 2. The number of anilines is 2. The maximum absolute atomic E-state index is 12.3. The van der Waals surface area contributed by atoms with Gasteiger partial charge in [-0.25, -0.2) is 0 Å². The molecule has 1 aliphatic carbocycles. The monoisotopic (exact) mass is 1350 g/mol. The van der Waals surface area contributed by atoms with Crippen molar-refractivity contribution in [3.63, 3.8) is 0 Å². The molecule has 2 spiro atoms. The number of methoxy groups -OCH3 is 1. The van der Waals surface area contributed by atoms with Crippen LogP contribution in [0.2, 0.25) is 0 Å². The number of aryl methyl sites for hydroxylation is 2. The average Bonchev–Trinajstić information content (AvgIpc) is 1.57. The molecule has 3 heterocycles. The Labute approximate surface area is 580 Å². The van der Waals surface area contributed by atoms with Crippen LogP contribution in [-0.2, 0) is 93.4 Å². The molecule has 0 saturated carbocycles. The van der Waals surface area contributed by atoms with Crippen molar-refractivity contribution >= 4 is 46.4 Å². The molecular formula is C79H92N4O16. The van der Waals surface area contributed by atoms with Crippen molar-refractivity contribution in [1.29, 1.82) is 0 Å². The Kier molecular flexibility index (Phi) is 22.6. The van der Waals surface area contributed by atoms with Gasteiger partial charge < -0.3 is 47.7 Å². The van der Waals surface area contributed by atoms with Crippen LogP contribution in [0.5, 0.6) is 23.0 Å². The fraction of sp³-hybridized carbons (Fsp3) is 0.418. The summed E-state index contributed by atoms with van der Waals surface area (Å²) in [5.74, 6) is 0.272. The van der Waals surface area contributed by atoms with Crippen molar-refractivity contribution in [2.45, 2.75) is 181 Å². The van der Waals surface area contributed by atoms with E-state index >= 15 is 0 Å². The highest BCUT2D eigenvalue weighted by atomic mass is 16.6. The van der Waals surface area contributed by atoms with Crippen molar-refractivity contribution in [3.8, 4) is 23.0 Å². The Morgan fingerprint density at radius 3 is 1.76 bits per heavy atom. The van der Waals surface area contributed by atoms with Gasteiger partial charge in [-0.05, 0) is 131 Å². The van der Waals surface area contributed by atoms with E-state index in [4.69, 9.17) is 37.9 Å². The van der Waals surface area contributed by atoms with E-state index in [1.54, 1.807) is 27.0 Å². The molecule has 7 aromatic carbocycles. The highest BCUT2D eigenvalue weighted by Crippen LogP contribution is 2.58. The van der Waals surface area contributed by atoms with Crippen molar-refractivity contribution < 1.29 is 66.9 Å². The van der Waals surface area contributed by atoms with Crippen LogP contribution in [0.25, 0.3) is 0 Å². The third-order valence-corrected chi connectivity index (χ3v) is 19.5. The molecule has 0 bridgehead atoms. The first-order valence-electron chi connectivity index (χ1n) is 33.7. The molecule has 0 radical (unpaired) electrons. The molecule has 3 aliphatic heterocycles. The van der Waals surface area contributed by atoms with Crippen LogP contribution >= 0.6 is 0 Å². The SMILES string of the molecule is CC(C)OC(=O)CC(=O)OCc1cc([N+](=O)[O-])cc2c1OC1(Cc3ccccc3C1(C)C)CN2C.CCOc1ccc(C(C)(C)c2ccc(OCC(C)OC)cc2)cc1.CCc1ccc(CN2c3ccccc3C(C)(C)C23CCc2cc([N+](=O)[O-])cc(COC(=O)CC(C)=O)c2O3)cc1. The van der Waals surface area contributed by atoms with Crippen LogP contribution in [0.15, 0.2) is 146 Å². The van der Waals surface area contributed by atoms with E-state index in [1.807, 2.05) is 74.3 Å². The number of hydrogen-bond donors (Lipinski definition) is 0. The third-order valence-electron chi connectivity index (χ3n) is 19.5. The second-order valence-corrected chi connectivity index (χ2v) is 27.6. The van der Waals surface area contributed by atoms with Crippen LogP contribution in [0.3, 0.4) is 0 Å². The highest BCUT2D eigenvalue weighted by Gasteiger charge is 2.61. The average molecular weight is 1350 g/mol. The number of non-ortho nitro benzene ring substituents is 2. The summed E-state index contributed by atoms with van der Waals surface area (Å²) < 4.78 is 45.9. The fourth-order valence-electron chi connectivity index (χ4n) is 13.7. The largest absolute Gasteiger partial charge is 0.494 e. The summed E-state index contributed by atoms with van der Waals surface area (Å²) in [6.45, 7) is 25.8. The van der Waals surface area contributed by atoms with E-state index in [0.717, 1.165) is 29.2 Å². The van der Waals surface area contributed by atoms with Crippen LogP contribution in [-0.4, -0.2) is 91.0 Å². The van der Waals surface area contributed by atoms with Gasteiger partial charge in [0, 0.05) is 91.0 Å². The van der Waals surface area contributed by atoms with Crippen molar-refractivity contribution in [2.24, 2.45) is 0 Å². The van der Waals surface area contributed by atoms with Gasteiger partial charge >= 0.3 is 17.9 Å². The van der Waals surface area contributed by atoms with E-state index in [9.17, 15) is 39.4 Å². The van der Waals surface area contributed by atoms with E-state index < -0.39 is 50.9 Å². The number of nitro benzene ring substituents is 2. The highest BCUT2D eigenvalue weighted by molar-refractivity contribution is 5.94. The number of rotatable bonds is 22. The Hall–Kier alpha value is -9.82. The summed E-state index contributed by atoms with van der Waals surface area (Å²) in [6.07, 6.45) is 1.65. The molecule has 0 N–H and O–H groups in total. The normalized spacial score (nSPS) is 17.5. The Morgan fingerprint density at radius 1 is 0.636 bits per heavy atom. The number of nitrogens with zero attached hydrogens (tertiary/aromatic N) is 4. The number of esters is 3. The molecule has 20 nitrogen and oxygen atoms in total. The van der Waals surface area contributed by atoms with Crippen LogP contribution in [0, 0.1) is 20.2 Å². The minimum atomic E-state index is -0.790. The minimum absolute atomic E-state index is 0.0803. The lowest BCUT2D eigenvalue weighted by Crippen LogP contribution is -2.61. The van der Waals surface area contributed by atoms with Gasteiger partial charge in [0.05, 0.1) is 46.3 Å². The lowest BCUT2D eigenvalue weighted by molar-refractivity contribution is -0.385. The molecular weight excluding hydrogens is 1260 g/mol. The zero-order valence-corrected chi connectivity index (χ0v) is 59.3. The smallest absolute Gasteiger partial charge is 0.317 e. The predicted molar refractivity (Wildman–Crippen MR) is 378 cm³/mol. The molecule has 3 atom stereocenters. The molecule has 7 aromatic rings. The first kappa shape index (κ1) is 73.4. The van der Waals surface area contributed by atoms with E-state index in [2.05, 4.69) is 126 Å². The number of likely N-dealkylation sites (N-methyl/N-ethyl adjacent to an activating group) is 1. The zero-order chi connectivity index (χ0) is 71.8. The van der Waals surface area contributed by atoms with Crippen LogP contribution in [0.4, 0.5) is 22.7 Å². The molecule has 0 amide bonds. The molecule has 4 aliphatic rings. The molecule has 0 aromatic heterocycles. The Bertz CT molecular complexity index is 4090. The lowest BCUT2D eigenvalue weighted by atomic mass is 9.73. The first-order valence-corrected chi connectivity index (χ1v) is 33.7. The van der Waals surface area contributed by atoms with Gasteiger partial charge in [-0.1, -0.05) is 126 Å². The maximum atomic E-state index is 12.3. The number of benzene rings is 7. The number of para-hydroxylation sites is 1. The molecule has 11 rings (SSSR count). The summed E-state index contributed by atoms with van der Waals surface area (Å²) in [7, 11) is 3.57. The molecule has 99 heavy (non-hydrogen) atoms. The molecule has 524 valence electrons. The number of ketones is 1. The van der Waals surface area contributed by atoms with Crippen molar-refractivity contribution in [3.05, 3.63) is 221 Å². The first-order chi connectivity index (χ1) is 47.0. The van der Waals surface area contributed by atoms with Gasteiger partial charge in [-0.15, -0.1) is 0 Å². The number of ether oxygens (including phenoxy) is 8. The number of Topliss-reactive ketones (excluding diaryl/α,β-unsaturated/α-hetero) is 1. The van der Waals surface area contributed by atoms with Crippen molar-refractivity contribution in [2.75, 3.05) is 43.7 Å². The number of carbonyl (C=O) groups excluding carboxylic acids is 4. The molecule has 0 fully saturated rings. The number of hydrogen-bond acceptors (Lipinski definition) is 18. The quantitative estimate of drug-likeness (QED) is 0.0202. The second-order valence-electron chi connectivity index (χ2n) is 27.6. The van der Waals surface area contributed by atoms with E-state index in [1.165, 1.54) is 58.5 Å². The third kappa shape index (κ3) is 16.0. The Morgan fingerprint density at radius 2 is 1.19 bits per heavy atom. The van der Waals surface area contributed by atoms with Crippen molar-refractivity contribution in [1.82, 2.24) is 0 Å². The maximum Gasteiger partial charge on any atom is 0.317 e. The second kappa shape index (κ2) is 30.5. The fourth-order valence-corrected chi connectivity index (χ4v) is 13.7. The van der Waals surface area contributed by atoms with Gasteiger partial charge in [0.15, 0.2) is 11.5 Å². The number of carbonyl (C=O) groups is 4. The van der Waals surface area contributed by atoms with E-state index in [0.29, 0.717) is 79.4 Å². The van der Waals surface area contributed by atoms with E-state index in [-0.39, 0.29) is 59.8 Å². The number of fused-ring (bicyclic) bond motifs is 4. The van der Waals surface area contributed by atoms with Gasteiger partial charge in [0.1, 0.15) is 61.3 Å². The van der Waals surface area contributed by atoms with Crippen LogP contribution in [0.1, 0.15) is 158 Å². The summed E-state index contributed by atoms with van der Waals surface area (Å²) in [5, 5.41) is 23.3. The summed E-state index contributed by atoms with van der Waals surface area (Å²) in [5.41, 5.74) is 9.16. The summed E-state index contributed by atoms with van der Waals surface area (Å²) in [4.78, 5) is 74.3. The zero-order valence-electron chi connectivity index (χ0n) is 59.3. The van der Waals surface area contributed by atoms with Gasteiger partial charge in [0.2, 0.25) is 0 Å². The molecule has 20 heteroatoms. The summed E-state index contributed by atoms with van der Waals surface area (Å²) in [6, 6.07) is 47.6. The standard InChI is InChI=1S/C32H34N2O6.C26H30N2O7.C21H28O3/c1-5-22-10-12-23(13-11-22)19-33-28-9-7-6-8-27(28)31(3,4)32(33)15-14-24-17-26(34(37)38)18-25(30(24)40-32)20-39-29(36)16-21(2)35;1-16(2)34-23(30)12-22(29)33-14-18-10-19(28(31)32)11-21-24(18)35-26(15-27(21)5)13-17-8-6-7-9-20(17)25(26,3)4;1-6-23-19-11-7-17(8-12-19)21(3,4)18-9-13-20(14-10-18)24-15-16(2)22-5/h6-13,17-18H,5,14-16,19-20H2,1-4H3;6-11,16H,12-15H2,1-5H3;7-14,16H,6,15H2,1-5H3. The predicted octanol–water partition coefficient (Wildman–Crippen LogP) is 15.1. The summed E-state index contributed by atoms with van der Waals surface area (Å²) >= 11 is 0.